The van der Waals surface area contributed by atoms with Gasteiger partial charge in [0.25, 0.3) is 11.8 Å². The van der Waals surface area contributed by atoms with Crippen LogP contribution in [0.4, 0.5) is 11.4 Å². The van der Waals surface area contributed by atoms with Gasteiger partial charge in [0.05, 0.1) is 11.4 Å². The summed E-state index contributed by atoms with van der Waals surface area (Å²) in [4.78, 5) is 38.6. The summed E-state index contributed by atoms with van der Waals surface area (Å²) in [7, 11) is 0. The number of rotatable bonds is 6. The van der Waals surface area contributed by atoms with Crippen LogP contribution < -0.4 is 10.0 Å². The number of carboxylic acid groups (broad SMARTS) is 1. The number of carbonyl (C=O) groups is 3. The molecular weight excluding hydrogens is 332 g/mol. The molecule has 0 bridgehead atoms. The topological polar surface area (TPSA) is 77.9 Å². The molecule has 3 rings (SSSR count). The number of unbranched alkanes of at least 4 members (excludes halogenated alkanes) is 1. The highest BCUT2D eigenvalue weighted by atomic mass is 16.4. The molecule has 6 nitrogen and oxygen atoms in total. The van der Waals surface area contributed by atoms with Crippen LogP contribution in [0.25, 0.3) is 0 Å². The van der Waals surface area contributed by atoms with E-state index < -0.39 is 23.2 Å². The van der Waals surface area contributed by atoms with E-state index in [1.54, 1.807) is 60.7 Å². The highest BCUT2D eigenvalue weighted by molar-refractivity contribution is 6.35. The summed E-state index contributed by atoms with van der Waals surface area (Å²) < 4.78 is 0. The summed E-state index contributed by atoms with van der Waals surface area (Å²) in [5.41, 5.74) is -1.19. The van der Waals surface area contributed by atoms with Crippen molar-refractivity contribution in [1.29, 1.82) is 0 Å². The molecule has 0 atom stereocenters. The van der Waals surface area contributed by atoms with E-state index in [-0.39, 0.29) is 6.42 Å². The minimum absolute atomic E-state index is 0.0246. The first kappa shape index (κ1) is 17.7. The van der Waals surface area contributed by atoms with Gasteiger partial charge < -0.3 is 5.11 Å². The van der Waals surface area contributed by atoms with Crippen molar-refractivity contribution in [3.63, 3.8) is 0 Å². The van der Waals surface area contributed by atoms with E-state index in [1.165, 1.54) is 10.0 Å². The van der Waals surface area contributed by atoms with Gasteiger partial charge in [-0.3, -0.25) is 14.4 Å². The number of carboxylic acids is 1. The molecule has 134 valence electrons. The highest BCUT2D eigenvalue weighted by Crippen LogP contribution is 2.41. The number of benzene rings is 2. The van der Waals surface area contributed by atoms with Crippen LogP contribution in [-0.4, -0.2) is 22.9 Å². The van der Waals surface area contributed by atoms with Crippen LogP contribution in [-0.2, 0) is 14.4 Å². The summed E-state index contributed by atoms with van der Waals surface area (Å²) in [6.07, 6.45) is 1.13. The van der Waals surface area contributed by atoms with E-state index in [2.05, 4.69) is 0 Å². The molecule has 0 spiro atoms. The van der Waals surface area contributed by atoms with E-state index in [0.29, 0.717) is 24.2 Å². The van der Waals surface area contributed by atoms with Crippen LogP contribution in [0.1, 0.15) is 26.2 Å². The van der Waals surface area contributed by atoms with Crippen LogP contribution in [0.3, 0.4) is 0 Å². The van der Waals surface area contributed by atoms with Gasteiger partial charge in [-0.15, -0.1) is 0 Å². The van der Waals surface area contributed by atoms with Crippen LogP contribution in [0.5, 0.6) is 0 Å². The Hall–Kier alpha value is -3.15. The molecule has 0 unspecified atom stereocenters. The second-order valence-electron chi connectivity index (χ2n) is 6.22. The van der Waals surface area contributed by atoms with Crippen LogP contribution >= 0.6 is 0 Å². The number of carbonyl (C=O) groups excluding carboxylic acids is 2. The van der Waals surface area contributed by atoms with Gasteiger partial charge in [-0.1, -0.05) is 56.2 Å². The lowest BCUT2D eigenvalue weighted by Gasteiger charge is -2.27. The molecule has 0 saturated carbocycles. The van der Waals surface area contributed by atoms with Crippen LogP contribution in [0, 0.1) is 5.41 Å². The molecule has 0 aliphatic carbocycles. The predicted molar refractivity (Wildman–Crippen MR) is 97.4 cm³/mol. The maximum Gasteiger partial charge on any atom is 0.329 e. The smallest absolute Gasteiger partial charge is 0.329 e. The van der Waals surface area contributed by atoms with Crippen molar-refractivity contribution in [2.75, 3.05) is 10.0 Å². The molecule has 1 N–H and O–H groups in total. The van der Waals surface area contributed by atoms with Gasteiger partial charge in [0.15, 0.2) is 0 Å². The number of hydrazine groups is 1. The molecule has 1 fully saturated rings. The Morgan fingerprint density at radius 1 is 0.885 bits per heavy atom. The molecule has 1 aliphatic heterocycles. The van der Waals surface area contributed by atoms with E-state index in [0.717, 1.165) is 0 Å². The number of para-hydroxylation sites is 2. The number of aliphatic carboxylic acids is 1. The van der Waals surface area contributed by atoms with Crippen LogP contribution in [0.15, 0.2) is 60.7 Å². The maximum atomic E-state index is 13.3. The SMILES string of the molecule is CCCCC1(C(=O)O)C(=O)N(c2ccccc2)N(c2ccccc2)C1=O. The third-order valence-electron chi connectivity index (χ3n) is 4.59. The minimum Gasteiger partial charge on any atom is -0.480 e. The summed E-state index contributed by atoms with van der Waals surface area (Å²) in [5.74, 6) is -2.85. The van der Waals surface area contributed by atoms with Crippen molar-refractivity contribution in [1.82, 2.24) is 0 Å². The highest BCUT2D eigenvalue weighted by Gasteiger charge is 2.64. The van der Waals surface area contributed by atoms with Gasteiger partial charge >= 0.3 is 5.97 Å². The van der Waals surface area contributed by atoms with Crippen molar-refractivity contribution in [3.8, 4) is 0 Å². The van der Waals surface area contributed by atoms with E-state index >= 15 is 0 Å². The van der Waals surface area contributed by atoms with Gasteiger partial charge in [-0.05, 0) is 30.7 Å². The summed E-state index contributed by atoms with van der Waals surface area (Å²) in [6.45, 7) is 1.89. The zero-order valence-corrected chi connectivity index (χ0v) is 14.5. The molecule has 2 aromatic carbocycles. The monoisotopic (exact) mass is 352 g/mol. The molecular formula is C20H20N2O4. The molecule has 1 aliphatic rings. The largest absolute Gasteiger partial charge is 0.480 e. The van der Waals surface area contributed by atoms with Gasteiger partial charge in [0.1, 0.15) is 0 Å². The maximum absolute atomic E-state index is 13.3. The zero-order valence-electron chi connectivity index (χ0n) is 14.5. The molecule has 2 amide bonds. The fraction of sp³-hybridized carbons (Fsp3) is 0.250. The van der Waals surface area contributed by atoms with Crippen molar-refractivity contribution >= 4 is 29.2 Å². The Morgan fingerprint density at radius 2 is 1.31 bits per heavy atom. The van der Waals surface area contributed by atoms with Gasteiger partial charge in [0, 0.05) is 0 Å². The summed E-state index contributed by atoms with van der Waals surface area (Å²) in [6, 6.07) is 17.3. The first-order valence-electron chi connectivity index (χ1n) is 8.56. The Morgan fingerprint density at radius 3 is 1.65 bits per heavy atom. The van der Waals surface area contributed by atoms with Crippen molar-refractivity contribution in [2.45, 2.75) is 26.2 Å². The second-order valence-corrected chi connectivity index (χ2v) is 6.22. The summed E-state index contributed by atoms with van der Waals surface area (Å²) in [5, 5.41) is 12.2. The minimum atomic E-state index is -2.10. The molecule has 26 heavy (non-hydrogen) atoms. The van der Waals surface area contributed by atoms with Crippen molar-refractivity contribution < 1.29 is 19.5 Å². The molecule has 2 aromatic rings. The molecule has 0 aromatic heterocycles. The first-order valence-corrected chi connectivity index (χ1v) is 8.56. The van der Waals surface area contributed by atoms with Gasteiger partial charge in [-0.2, -0.15) is 0 Å². The van der Waals surface area contributed by atoms with Crippen molar-refractivity contribution in [2.24, 2.45) is 5.41 Å². The molecule has 6 heteroatoms. The van der Waals surface area contributed by atoms with E-state index in [4.69, 9.17) is 0 Å². The average Bonchev–Trinajstić information content (AvgIpc) is 2.89. The second kappa shape index (κ2) is 7.00. The number of anilines is 2. The third kappa shape index (κ3) is 2.63. The number of amides is 2. The fourth-order valence-corrected chi connectivity index (χ4v) is 3.18. The lowest BCUT2D eigenvalue weighted by atomic mass is 9.81. The zero-order chi connectivity index (χ0) is 18.7. The number of hydrogen-bond donors (Lipinski definition) is 1. The molecule has 0 radical (unpaired) electrons. The van der Waals surface area contributed by atoms with E-state index in [9.17, 15) is 19.5 Å². The first-order chi connectivity index (χ1) is 12.5. The van der Waals surface area contributed by atoms with E-state index in [1.807, 2.05) is 6.92 Å². The molecule has 1 heterocycles. The lowest BCUT2D eigenvalue weighted by Crippen LogP contribution is -2.44. The van der Waals surface area contributed by atoms with Crippen molar-refractivity contribution in [3.05, 3.63) is 60.7 Å². The number of nitrogens with zero attached hydrogens (tertiary/aromatic N) is 2. The Bertz CT molecular complexity index is 763. The summed E-state index contributed by atoms with van der Waals surface area (Å²) >= 11 is 0. The normalized spacial score (nSPS) is 16.2. The lowest BCUT2D eigenvalue weighted by molar-refractivity contribution is -0.157. The van der Waals surface area contributed by atoms with Gasteiger partial charge in [0.2, 0.25) is 5.41 Å². The third-order valence-corrected chi connectivity index (χ3v) is 4.59. The molecule has 1 saturated heterocycles. The van der Waals surface area contributed by atoms with Gasteiger partial charge in [-0.25, -0.2) is 10.0 Å². The average molecular weight is 352 g/mol. The fourth-order valence-electron chi connectivity index (χ4n) is 3.18. The van der Waals surface area contributed by atoms with Crippen LogP contribution in [0.2, 0.25) is 0 Å². The Kier molecular flexibility index (Phi) is 4.75. The quantitative estimate of drug-likeness (QED) is 0.810. The Balaban J connectivity index is 2.18. The predicted octanol–water partition coefficient (Wildman–Crippen LogP) is 3.24. The standard InChI is InChI=1S/C20H20N2O4/c1-2-3-14-20(19(25)26)17(23)21(15-10-6-4-7-11-15)22(18(20)24)16-12-8-5-9-13-16/h4-13H,2-3,14H2,1H3,(H,25,26). The number of hydrogen-bond acceptors (Lipinski definition) is 3. The Labute approximate surface area is 151 Å².